The Balaban J connectivity index is 1.94. The number of rotatable bonds is 3. The lowest BCUT2D eigenvalue weighted by atomic mass is 10.1. The Labute approximate surface area is 133 Å². The fourth-order valence-electron chi connectivity index (χ4n) is 2.69. The van der Waals surface area contributed by atoms with Crippen LogP contribution >= 0.6 is 0 Å². The van der Waals surface area contributed by atoms with Crippen LogP contribution in [0.15, 0.2) is 30.5 Å². The average molecular weight is 315 g/mol. The lowest BCUT2D eigenvalue weighted by Gasteiger charge is -2.28. The lowest BCUT2D eigenvalue weighted by Crippen LogP contribution is -2.40. The number of benzene rings is 1. The minimum absolute atomic E-state index is 0.307. The van der Waals surface area contributed by atoms with Gasteiger partial charge in [-0.3, -0.25) is 0 Å². The molecule has 0 bridgehead atoms. The van der Waals surface area contributed by atoms with Crippen molar-refractivity contribution in [3.63, 3.8) is 0 Å². The van der Waals surface area contributed by atoms with Gasteiger partial charge in [0, 0.05) is 25.0 Å². The van der Waals surface area contributed by atoms with Crippen LogP contribution in [0, 0.1) is 5.82 Å². The third-order valence-corrected chi connectivity index (χ3v) is 3.92. The van der Waals surface area contributed by atoms with Crippen molar-refractivity contribution in [2.45, 2.75) is 19.9 Å². The predicted octanol–water partition coefficient (Wildman–Crippen LogP) is 2.21. The van der Waals surface area contributed by atoms with E-state index < -0.39 is 6.03 Å². The molecule has 0 unspecified atom stereocenters. The molecule has 1 aliphatic heterocycles. The number of carbonyl (C=O) groups excluding carboxylic acids is 1. The number of carbonyl (C=O) groups is 1. The van der Waals surface area contributed by atoms with Crippen LogP contribution in [0.3, 0.4) is 0 Å². The maximum Gasteiger partial charge on any atom is 0.315 e. The zero-order chi connectivity index (χ0) is 16.4. The smallest absolute Gasteiger partial charge is 0.315 e. The van der Waals surface area contributed by atoms with Gasteiger partial charge >= 0.3 is 6.03 Å². The van der Waals surface area contributed by atoms with Crippen LogP contribution < -0.4 is 10.6 Å². The Morgan fingerprint density at radius 3 is 3.00 bits per heavy atom. The predicted molar refractivity (Wildman–Crippen MR) is 84.8 cm³/mol. The second-order valence-electron chi connectivity index (χ2n) is 5.38. The van der Waals surface area contributed by atoms with Gasteiger partial charge in [-0.1, -0.05) is 6.07 Å². The fraction of sp³-hybridized carbons (Fsp3) is 0.312. The van der Waals surface area contributed by atoms with Crippen LogP contribution in [-0.2, 0) is 13.0 Å². The van der Waals surface area contributed by atoms with Gasteiger partial charge in [-0.05, 0) is 37.1 Å². The van der Waals surface area contributed by atoms with Crippen molar-refractivity contribution in [1.29, 1.82) is 0 Å². The summed E-state index contributed by atoms with van der Waals surface area (Å²) < 4.78 is 13.5. The summed E-state index contributed by atoms with van der Waals surface area (Å²) in [6.45, 7) is 3.50. The van der Waals surface area contributed by atoms with E-state index in [-0.39, 0.29) is 5.82 Å². The zero-order valence-electron chi connectivity index (χ0n) is 12.9. The SMILES string of the molecule is CCN(c1cccc(F)c1)c1ncc2c(n1)CN(C(N)=O)CC2. The summed E-state index contributed by atoms with van der Waals surface area (Å²) in [6, 6.07) is 5.86. The van der Waals surface area contributed by atoms with E-state index in [1.165, 1.54) is 12.1 Å². The first kappa shape index (κ1) is 15.2. The number of primary amides is 1. The van der Waals surface area contributed by atoms with E-state index in [0.717, 1.165) is 11.3 Å². The fourth-order valence-corrected chi connectivity index (χ4v) is 2.69. The highest BCUT2D eigenvalue weighted by atomic mass is 19.1. The minimum Gasteiger partial charge on any atom is -0.351 e. The Kier molecular flexibility index (Phi) is 4.10. The molecule has 2 amide bonds. The second kappa shape index (κ2) is 6.20. The molecule has 2 N–H and O–H groups in total. The summed E-state index contributed by atoms with van der Waals surface area (Å²) in [4.78, 5) is 23.7. The number of amides is 2. The molecule has 0 saturated carbocycles. The number of urea groups is 1. The summed E-state index contributed by atoms with van der Waals surface area (Å²) in [5.41, 5.74) is 7.84. The van der Waals surface area contributed by atoms with Crippen molar-refractivity contribution >= 4 is 17.7 Å². The summed E-state index contributed by atoms with van der Waals surface area (Å²) in [6.07, 6.45) is 2.46. The van der Waals surface area contributed by atoms with Crippen molar-refractivity contribution < 1.29 is 9.18 Å². The Morgan fingerprint density at radius 2 is 2.30 bits per heavy atom. The van der Waals surface area contributed by atoms with Gasteiger partial charge in [0.2, 0.25) is 5.95 Å². The highest BCUT2D eigenvalue weighted by molar-refractivity contribution is 5.72. The molecular formula is C16H18FN5O. The number of anilines is 2. The van der Waals surface area contributed by atoms with Crippen LogP contribution in [0.2, 0.25) is 0 Å². The number of halogens is 1. The number of aromatic nitrogens is 2. The van der Waals surface area contributed by atoms with Gasteiger partial charge < -0.3 is 15.5 Å². The van der Waals surface area contributed by atoms with E-state index >= 15 is 0 Å². The first-order chi connectivity index (χ1) is 11.1. The first-order valence-electron chi connectivity index (χ1n) is 7.50. The number of fused-ring (bicyclic) bond motifs is 1. The number of nitrogens with zero attached hydrogens (tertiary/aromatic N) is 4. The van der Waals surface area contributed by atoms with E-state index in [4.69, 9.17) is 5.73 Å². The van der Waals surface area contributed by atoms with E-state index in [9.17, 15) is 9.18 Å². The van der Waals surface area contributed by atoms with Gasteiger partial charge in [0.15, 0.2) is 0 Å². The topological polar surface area (TPSA) is 75.3 Å². The van der Waals surface area contributed by atoms with Crippen LogP contribution in [0.5, 0.6) is 0 Å². The molecule has 2 aromatic rings. The third kappa shape index (κ3) is 3.08. The average Bonchev–Trinajstić information content (AvgIpc) is 2.55. The van der Waals surface area contributed by atoms with Crippen LogP contribution in [0.1, 0.15) is 18.2 Å². The molecule has 0 saturated heterocycles. The molecule has 1 aromatic carbocycles. The Bertz CT molecular complexity index is 736. The monoisotopic (exact) mass is 315 g/mol. The largest absolute Gasteiger partial charge is 0.351 e. The summed E-state index contributed by atoms with van der Waals surface area (Å²) in [7, 11) is 0. The van der Waals surface area contributed by atoms with Crippen molar-refractivity contribution in [1.82, 2.24) is 14.9 Å². The van der Waals surface area contributed by atoms with Crippen LogP contribution in [-0.4, -0.2) is 34.0 Å². The molecule has 3 rings (SSSR count). The van der Waals surface area contributed by atoms with Gasteiger partial charge in [0.25, 0.3) is 0 Å². The Hall–Kier alpha value is -2.70. The van der Waals surface area contributed by atoms with Gasteiger partial charge in [-0.25, -0.2) is 19.2 Å². The standard InChI is InChI=1S/C16H18FN5O/c1-2-22(13-5-3-4-12(17)8-13)16-19-9-11-6-7-21(15(18)23)10-14(11)20-16/h3-5,8-9H,2,6-7,10H2,1H3,(H2,18,23). The maximum atomic E-state index is 13.5. The highest BCUT2D eigenvalue weighted by Crippen LogP contribution is 2.25. The molecule has 0 spiro atoms. The van der Waals surface area contributed by atoms with E-state index in [0.29, 0.717) is 37.7 Å². The molecule has 7 heteroatoms. The van der Waals surface area contributed by atoms with Gasteiger partial charge in [-0.2, -0.15) is 0 Å². The molecule has 0 aliphatic carbocycles. The van der Waals surface area contributed by atoms with E-state index in [1.54, 1.807) is 17.2 Å². The van der Waals surface area contributed by atoms with E-state index in [2.05, 4.69) is 9.97 Å². The first-order valence-corrected chi connectivity index (χ1v) is 7.50. The normalized spacial score (nSPS) is 13.6. The summed E-state index contributed by atoms with van der Waals surface area (Å²) in [5, 5.41) is 0. The van der Waals surface area contributed by atoms with Crippen LogP contribution in [0.25, 0.3) is 0 Å². The summed E-state index contributed by atoms with van der Waals surface area (Å²) >= 11 is 0. The lowest BCUT2D eigenvalue weighted by molar-refractivity contribution is 0.201. The number of nitrogens with two attached hydrogens (primary N) is 1. The number of hydrogen-bond donors (Lipinski definition) is 1. The molecule has 0 fully saturated rings. The van der Waals surface area contributed by atoms with Gasteiger partial charge in [0.05, 0.1) is 12.2 Å². The zero-order valence-corrected chi connectivity index (χ0v) is 12.9. The van der Waals surface area contributed by atoms with Crippen molar-refractivity contribution in [2.24, 2.45) is 5.73 Å². The van der Waals surface area contributed by atoms with Gasteiger partial charge in [0.1, 0.15) is 5.82 Å². The maximum absolute atomic E-state index is 13.5. The molecular weight excluding hydrogens is 297 g/mol. The Morgan fingerprint density at radius 1 is 1.48 bits per heavy atom. The highest BCUT2D eigenvalue weighted by Gasteiger charge is 2.22. The molecule has 1 aromatic heterocycles. The molecule has 120 valence electrons. The van der Waals surface area contributed by atoms with Crippen molar-refractivity contribution in [3.05, 3.63) is 47.5 Å². The number of hydrogen-bond acceptors (Lipinski definition) is 4. The second-order valence-corrected chi connectivity index (χ2v) is 5.38. The third-order valence-electron chi connectivity index (χ3n) is 3.92. The molecule has 23 heavy (non-hydrogen) atoms. The van der Waals surface area contributed by atoms with Crippen molar-refractivity contribution in [3.8, 4) is 0 Å². The van der Waals surface area contributed by atoms with Crippen molar-refractivity contribution in [2.75, 3.05) is 18.0 Å². The van der Waals surface area contributed by atoms with Gasteiger partial charge in [-0.15, -0.1) is 0 Å². The van der Waals surface area contributed by atoms with E-state index in [1.807, 2.05) is 17.9 Å². The molecule has 1 aliphatic rings. The molecule has 0 atom stereocenters. The summed E-state index contributed by atoms with van der Waals surface area (Å²) in [5.74, 6) is 0.182. The minimum atomic E-state index is -0.451. The molecule has 6 nitrogen and oxygen atoms in total. The van der Waals surface area contributed by atoms with Crippen LogP contribution in [0.4, 0.5) is 20.8 Å². The molecule has 0 radical (unpaired) electrons. The molecule has 2 heterocycles. The quantitative estimate of drug-likeness (QED) is 0.942.